The molecule has 4 heteroatoms. The van der Waals surface area contributed by atoms with Gasteiger partial charge in [-0.15, -0.1) is 0 Å². The zero-order valence-corrected chi connectivity index (χ0v) is 11.8. The molecule has 0 aliphatic heterocycles. The van der Waals surface area contributed by atoms with Crippen LogP contribution in [-0.2, 0) is 9.53 Å². The molecule has 0 spiro atoms. The van der Waals surface area contributed by atoms with E-state index >= 15 is 0 Å². The molecule has 1 unspecified atom stereocenters. The second-order valence-corrected chi connectivity index (χ2v) is 5.36. The number of esters is 1. The Labute approximate surface area is 122 Å². The van der Waals surface area contributed by atoms with Crippen LogP contribution in [0, 0.1) is 0 Å². The number of carbonyl (C=O) groups excluding carboxylic acids is 1. The van der Waals surface area contributed by atoms with Crippen LogP contribution in [0.2, 0.25) is 0 Å². The summed E-state index contributed by atoms with van der Waals surface area (Å²) in [6.07, 6.45) is -0.460. The van der Waals surface area contributed by atoms with Crippen LogP contribution in [0.3, 0.4) is 0 Å². The lowest BCUT2D eigenvalue weighted by molar-refractivity contribution is -0.151. The maximum Gasteiger partial charge on any atom is 0.352 e. The van der Waals surface area contributed by atoms with Crippen molar-refractivity contribution in [1.82, 2.24) is 0 Å². The molecule has 2 rings (SSSR count). The summed E-state index contributed by atoms with van der Waals surface area (Å²) in [5.41, 5.74) is -0.874. The molecule has 2 nitrogen and oxygen atoms in total. The summed E-state index contributed by atoms with van der Waals surface area (Å²) in [5, 5.41) is 0. The topological polar surface area (TPSA) is 26.3 Å². The van der Waals surface area contributed by atoms with Crippen molar-refractivity contribution >= 4 is 17.7 Å². The molecule has 0 aliphatic rings. The summed E-state index contributed by atoms with van der Waals surface area (Å²) in [7, 11) is 0. The standard InChI is InChI=1S/C16H15FO2S/c1-12(13-8-4-2-5-9-13)19-16(18)15(17)20-14-10-6-3-7-11-14/h2-12,15H,1H3/t12-,15?/m1/s1. The first-order valence-electron chi connectivity index (χ1n) is 6.28. The van der Waals surface area contributed by atoms with Gasteiger partial charge in [-0.05, 0) is 24.6 Å². The van der Waals surface area contributed by atoms with Gasteiger partial charge in [0.2, 0.25) is 5.50 Å². The van der Waals surface area contributed by atoms with E-state index in [-0.39, 0.29) is 0 Å². The van der Waals surface area contributed by atoms with Crippen molar-refractivity contribution in [2.75, 3.05) is 0 Å². The lowest BCUT2D eigenvalue weighted by Crippen LogP contribution is -2.17. The summed E-state index contributed by atoms with van der Waals surface area (Å²) in [4.78, 5) is 12.4. The van der Waals surface area contributed by atoms with Gasteiger partial charge in [-0.2, -0.15) is 0 Å². The van der Waals surface area contributed by atoms with Gasteiger partial charge in [0.15, 0.2) is 0 Å². The fraction of sp³-hybridized carbons (Fsp3) is 0.188. The Kier molecular flexibility index (Phi) is 5.18. The van der Waals surface area contributed by atoms with Gasteiger partial charge in [0.1, 0.15) is 6.10 Å². The number of hydrogen-bond acceptors (Lipinski definition) is 3. The Morgan fingerprint density at radius 2 is 1.60 bits per heavy atom. The molecule has 0 saturated carbocycles. The molecule has 0 heterocycles. The molecule has 0 bridgehead atoms. The number of carbonyl (C=O) groups is 1. The summed E-state index contributed by atoms with van der Waals surface area (Å²) in [6.45, 7) is 1.73. The maximum atomic E-state index is 13.8. The van der Waals surface area contributed by atoms with Crippen molar-refractivity contribution in [1.29, 1.82) is 0 Å². The molecule has 104 valence electrons. The van der Waals surface area contributed by atoms with Gasteiger partial charge in [-0.3, -0.25) is 0 Å². The number of ether oxygens (including phenoxy) is 1. The monoisotopic (exact) mass is 290 g/mol. The Morgan fingerprint density at radius 1 is 1.05 bits per heavy atom. The van der Waals surface area contributed by atoms with Crippen molar-refractivity contribution in [2.24, 2.45) is 0 Å². The van der Waals surface area contributed by atoms with Crippen LogP contribution in [0.5, 0.6) is 0 Å². The Balaban J connectivity index is 1.91. The Morgan fingerprint density at radius 3 is 2.20 bits per heavy atom. The predicted molar refractivity (Wildman–Crippen MR) is 78.1 cm³/mol. The third-order valence-electron chi connectivity index (χ3n) is 2.73. The highest BCUT2D eigenvalue weighted by Gasteiger charge is 2.23. The molecule has 2 aromatic carbocycles. The average molecular weight is 290 g/mol. The van der Waals surface area contributed by atoms with E-state index in [0.29, 0.717) is 4.90 Å². The predicted octanol–water partition coefficient (Wildman–Crippen LogP) is 4.38. The molecule has 2 aromatic rings. The van der Waals surface area contributed by atoms with Crippen LogP contribution in [0.1, 0.15) is 18.6 Å². The molecule has 0 fully saturated rings. The smallest absolute Gasteiger partial charge is 0.352 e. The molecule has 0 radical (unpaired) electrons. The van der Waals surface area contributed by atoms with Gasteiger partial charge < -0.3 is 4.74 Å². The van der Waals surface area contributed by atoms with Crippen LogP contribution in [0.25, 0.3) is 0 Å². The fourth-order valence-corrected chi connectivity index (χ4v) is 2.39. The molecule has 0 amide bonds. The SMILES string of the molecule is C[C@@H](OC(=O)C(F)Sc1ccccc1)c1ccccc1. The number of alkyl halides is 1. The van der Waals surface area contributed by atoms with Gasteiger partial charge in [-0.1, -0.05) is 60.3 Å². The first kappa shape index (κ1) is 14.6. The van der Waals surface area contributed by atoms with Gasteiger partial charge in [0, 0.05) is 4.90 Å². The zero-order valence-electron chi connectivity index (χ0n) is 11.0. The van der Waals surface area contributed by atoms with E-state index in [9.17, 15) is 9.18 Å². The number of thioether (sulfide) groups is 1. The molecular formula is C16H15FO2S. The number of hydrogen-bond donors (Lipinski definition) is 0. The number of benzene rings is 2. The quantitative estimate of drug-likeness (QED) is 0.604. The molecule has 0 aliphatic carbocycles. The van der Waals surface area contributed by atoms with Gasteiger partial charge in [0.05, 0.1) is 0 Å². The van der Waals surface area contributed by atoms with Crippen LogP contribution in [0.4, 0.5) is 4.39 Å². The van der Waals surface area contributed by atoms with E-state index in [1.54, 1.807) is 31.2 Å². The third kappa shape index (κ3) is 4.10. The molecule has 0 aromatic heterocycles. The van der Waals surface area contributed by atoms with Crippen molar-refractivity contribution < 1.29 is 13.9 Å². The van der Waals surface area contributed by atoms with E-state index in [4.69, 9.17) is 4.74 Å². The van der Waals surface area contributed by atoms with E-state index < -0.39 is 17.6 Å². The Bertz CT molecular complexity index is 545. The molecule has 0 N–H and O–H groups in total. The van der Waals surface area contributed by atoms with Crippen LogP contribution in [0.15, 0.2) is 65.6 Å². The average Bonchev–Trinajstić information content (AvgIpc) is 2.49. The van der Waals surface area contributed by atoms with Crippen molar-refractivity contribution in [3.8, 4) is 0 Å². The summed E-state index contributed by atoms with van der Waals surface area (Å²) >= 11 is 0.848. The van der Waals surface area contributed by atoms with E-state index in [1.807, 2.05) is 36.4 Å². The highest BCUT2D eigenvalue weighted by Crippen LogP contribution is 2.26. The van der Waals surface area contributed by atoms with Crippen LogP contribution < -0.4 is 0 Å². The number of halogens is 1. The van der Waals surface area contributed by atoms with Crippen molar-refractivity contribution in [3.63, 3.8) is 0 Å². The van der Waals surface area contributed by atoms with E-state index in [0.717, 1.165) is 17.3 Å². The van der Waals surface area contributed by atoms with Gasteiger partial charge >= 0.3 is 5.97 Å². The maximum absolute atomic E-state index is 13.8. The summed E-state index contributed by atoms with van der Waals surface area (Å²) in [5.74, 6) is -0.852. The normalized spacial score (nSPS) is 13.5. The lowest BCUT2D eigenvalue weighted by Gasteiger charge is -2.15. The van der Waals surface area contributed by atoms with Crippen molar-refractivity contribution in [2.45, 2.75) is 23.4 Å². The second kappa shape index (κ2) is 7.10. The van der Waals surface area contributed by atoms with Gasteiger partial charge in [0.25, 0.3) is 0 Å². The highest BCUT2D eigenvalue weighted by atomic mass is 32.2. The summed E-state index contributed by atoms with van der Waals surface area (Å²) in [6, 6.07) is 18.2. The largest absolute Gasteiger partial charge is 0.455 e. The first-order chi connectivity index (χ1) is 9.66. The third-order valence-corrected chi connectivity index (χ3v) is 3.67. The molecule has 0 saturated heterocycles. The summed E-state index contributed by atoms with van der Waals surface area (Å²) < 4.78 is 19.0. The molecular weight excluding hydrogens is 275 g/mol. The molecule has 20 heavy (non-hydrogen) atoms. The minimum atomic E-state index is -1.72. The second-order valence-electron chi connectivity index (χ2n) is 4.24. The minimum absolute atomic E-state index is 0.460. The highest BCUT2D eigenvalue weighted by molar-refractivity contribution is 8.00. The number of rotatable bonds is 5. The van der Waals surface area contributed by atoms with E-state index in [1.165, 1.54) is 0 Å². The first-order valence-corrected chi connectivity index (χ1v) is 7.16. The molecule has 2 atom stereocenters. The fourth-order valence-electron chi connectivity index (χ4n) is 1.69. The lowest BCUT2D eigenvalue weighted by atomic mass is 10.1. The van der Waals surface area contributed by atoms with Crippen molar-refractivity contribution in [3.05, 3.63) is 66.2 Å². The minimum Gasteiger partial charge on any atom is -0.455 e. The Hall–Kier alpha value is -1.81. The zero-order chi connectivity index (χ0) is 14.4. The van der Waals surface area contributed by atoms with E-state index in [2.05, 4.69) is 0 Å². The van der Waals surface area contributed by atoms with Gasteiger partial charge in [-0.25, -0.2) is 9.18 Å². The van der Waals surface area contributed by atoms with Crippen LogP contribution in [-0.4, -0.2) is 11.5 Å². The van der Waals surface area contributed by atoms with Crippen LogP contribution >= 0.6 is 11.8 Å².